The lowest BCUT2D eigenvalue weighted by atomic mass is 10.1. The van der Waals surface area contributed by atoms with E-state index in [0.29, 0.717) is 16.4 Å². The molecular weight excluding hydrogens is 284 g/mol. The second kappa shape index (κ2) is 5.98. The lowest BCUT2D eigenvalue weighted by Crippen LogP contribution is -2.25. The van der Waals surface area contributed by atoms with Gasteiger partial charge in [-0.15, -0.1) is 15.0 Å². The lowest BCUT2D eigenvalue weighted by Gasteiger charge is -2.11. The highest BCUT2D eigenvalue weighted by Gasteiger charge is 2.24. The van der Waals surface area contributed by atoms with Crippen LogP contribution in [0.1, 0.15) is 19.4 Å². The largest absolute Gasteiger partial charge is 0.480 e. The molecule has 2 rings (SSSR count). The van der Waals surface area contributed by atoms with Gasteiger partial charge in [-0.25, -0.2) is 4.79 Å². The van der Waals surface area contributed by atoms with Crippen molar-refractivity contribution in [2.75, 3.05) is 0 Å². The van der Waals surface area contributed by atoms with Crippen LogP contribution in [0.2, 0.25) is 5.02 Å². The van der Waals surface area contributed by atoms with E-state index in [2.05, 4.69) is 15.4 Å². The second-order valence-electron chi connectivity index (χ2n) is 4.38. The standard InChI is InChI=1S/C12H13ClN4O3/c1-7(18)6-10(12(19)20)17-15-11(14-16-17)8-2-4-9(13)5-3-8/h2-5,7,10,18H,6H2,1H3,(H,19,20). The number of aliphatic carboxylic acids is 1. The predicted octanol–water partition coefficient (Wildman–Crippen LogP) is 1.39. The van der Waals surface area contributed by atoms with Crippen molar-refractivity contribution in [2.24, 2.45) is 0 Å². The van der Waals surface area contributed by atoms with Gasteiger partial charge in [-0.3, -0.25) is 0 Å². The molecule has 0 aliphatic carbocycles. The minimum Gasteiger partial charge on any atom is -0.480 e. The van der Waals surface area contributed by atoms with Crippen LogP contribution >= 0.6 is 11.6 Å². The topological polar surface area (TPSA) is 101 Å². The Hall–Kier alpha value is -1.99. The number of rotatable bonds is 5. The van der Waals surface area contributed by atoms with Crippen LogP contribution in [-0.2, 0) is 4.79 Å². The molecule has 2 unspecified atom stereocenters. The molecule has 1 aromatic heterocycles. The smallest absolute Gasteiger partial charge is 0.330 e. The maximum absolute atomic E-state index is 11.2. The maximum atomic E-state index is 11.2. The van der Waals surface area contributed by atoms with Crippen LogP contribution < -0.4 is 0 Å². The summed E-state index contributed by atoms with van der Waals surface area (Å²) in [5, 5.41) is 30.6. The van der Waals surface area contributed by atoms with Crippen molar-refractivity contribution < 1.29 is 15.0 Å². The molecule has 2 atom stereocenters. The van der Waals surface area contributed by atoms with E-state index in [-0.39, 0.29) is 6.42 Å². The number of aliphatic hydroxyl groups is 1. The minimum absolute atomic E-state index is 0.00571. The third kappa shape index (κ3) is 3.31. The van der Waals surface area contributed by atoms with E-state index >= 15 is 0 Å². The number of benzene rings is 1. The van der Waals surface area contributed by atoms with Gasteiger partial charge in [0.15, 0.2) is 6.04 Å². The zero-order valence-electron chi connectivity index (χ0n) is 10.6. The Labute approximate surface area is 119 Å². The average Bonchev–Trinajstić information content (AvgIpc) is 2.85. The van der Waals surface area contributed by atoms with Crippen molar-refractivity contribution >= 4 is 17.6 Å². The van der Waals surface area contributed by atoms with Crippen molar-refractivity contribution in [1.29, 1.82) is 0 Å². The third-order valence-electron chi connectivity index (χ3n) is 2.66. The SMILES string of the molecule is CC(O)CC(C(=O)O)n1nnc(-c2ccc(Cl)cc2)n1. The molecule has 20 heavy (non-hydrogen) atoms. The molecule has 8 heteroatoms. The molecule has 2 aromatic rings. The molecule has 0 aliphatic heterocycles. The molecular formula is C12H13ClN4O3. The van der Waals surface area contributed by atoms with Crippen molar-refractivity contribution in [3.05, 3.63) is 29.3 Å². The van der Waals surface area contributed by atoms with Crippen LogP contribution in [0.3, 0.4) is 0 Å². The third-order valence-corrected chi connectivity index (χ3v) is 2.91. The number of hydrogen-bond donors (Lipinski definition) is 2. The van der Waals surface area contributed by atoms with Crippen LogP contribution in [0.15, 0.2) is 24.3 Å². The van der Waals surface area contributed by atoms with Gasteiger partial charge in [-0.1, -0.05) is 11.6 Å². The number of nitrogens with zero attached hydrogens (tertiary/aromatic N) is 4. The van der Waals surface area contributed by atoms with Gasteiger partial charge in [-0.05, 0) is 36.4 Å². The minimum atomic E-state index is -1.12. The Morgan fingerprint density at radius 1 is 1.40 bits per heavy atom. The zero-order valence-corrected chi connectivity index (χ0v) is 11.4. The number of tetrazole rings is 1. The first-order valence-corrected chi connectivity index (χ1v) is 6.31. The summed E-state index contributed by atoms with van der Waals surface area (Å²) in [6.45, 7) is 1.51. The Morgan fingerprint density at radius 3 is 2.60 bits per heavy atom. The van der Waals surface area contributed by atoms with Crippen LogP contribution in [0.25, 0.3) is 11.4 Å². The number of carboxylic acid groups (broad SMARTS) is 1. The number of aromatic nitrogens is 4. The summed E-state index contributed by atoms with van der Waals surface area (Å²) in [4.78, 5) is 12.2. The average molecular weight is 297 g/mol. The molecule has 7 nitrogen and oxygen atoms in total. The van der Waals surface area contributed by atoms with E-state index in [0.717, 1.165) is 4.80 Å². The number of halogens is 1. The first-order valence-electron chi connectivity index (χ1n) is 5.93. The van der Waals surface area contributed by atoms with Crippen LogP contribution in [0.5, 0.6) is 0 Å². The molecule has 0 radical (unpaired) electrons. The molecule has 0 fully saturated rings. The summed E-state index contributed by atoms with van der Waals surface area (Å²) < 4.78 is 0. The van der Waals surface area contributed by atoms with E-state index in [1.54, 1.807) is 24.3 Å². The van der Waals surface area contributed by atoms with Crippen molar-refractivity contribution in [2.45, 2.75) is 25.5 Å². The molecule has 0 bridgehead atoms. The van der Waals surface area contributed by atoms with Crippen LogP contribution in [0, 0.1) is 0 Å². The normalized spacial score (nSPS) is 13.9. The van der Waals surface area contributed by atoms with Gasteiger partial charge in [-0.2, -0.15) is 0 Å². The quantitative estimate of drug-likeness (QED) is 0.864. The van der Waals surface area contributed by atoms with Gasteiger partial charge in [0.2, 0.25) is 5.82 Å². The van der Waals surface area contributed by atoms with Crippen LogP contribution in [0.4, 0.5) is 0 Å². The summed E-state index contributed by atoms with van der Waals surface area (Å²) in [5.41, 5.74) is 0.682. The summed E-state index contributed by atoms with van der Waals surface area (Å²) in [5.74, 6) is -0.815. The number of aliphatic hydroxyl groups excluding tert-OH is 1. The summed E-state index contributed by atoms with van der Waals surface area (Å²) in [6.07, 6.45) is -0.771. The van der Waals surface area contributed by atoms with Crippen molar-refractivity contribution in [3.8, 4) is 11.4 Å². The molecule has 0 spiro atoms. The predicted molar refractivity (Wildman–Crippen MR) is 71.2 cm³/mol. The molecule has 1 heterocycles. The van der Waals surface area contributed by atoms with E-state index in [4.69, 9.17) is 16.7 Å². The van der Waals surface area contributed by atoms with E-state index in [1.165, 1.54) is 6.92 Å². The summed E-state index contributed by atoms with van der Waals surface area (Å²) >= 11 is 5.79. The molecule has 0 saturated carbocycles. The van der Waals surface area contributed by atoms with Crippen molar-refractivity contribution in [3.63, 3.8) is 0 Å². The Balaban J connectivity index is 2.26. The highest BCUT2D eigenvalue weighted by Crippen LogP contribution is 2.19. The van der Waals surface area contributed by atoms with Gasteiger partial charge in [0, 0.05) is 17.0 Å². The molecule has 0 aliphatic rings. The Bertz CT molecular complexity index is 597. The summed E-state index contributed by atoms with van der Waals surface area (Å²) in [6, 6.07) is 5.75. The van der Waals surface area contributed by atoms with E-state index in [9.17, 15) is 9.90 Å². The molecule has 106 valence electrons. The highest BCUT2D eigenvalue weighted by molar-refractivity contribution is 6.30. The maximum Gasteiger partial charge on any atom is 0.330 e. The molecule has 0 saturated heterocycles. The lowest BCUT2D eigenvalue weighted by molar-refractivity contribution is -0.142. The van der Waals surface area contributed by atoms with Gasteiger partial charge >= 0.3 is 5.97 Å². The molecule has 1 aromatic carbocycles. The first-order chi connectivity index (χ1) is 9.47. The molecule has 0 amide bonds. The van der Waals surface area contributed by atoms with E-state index < -0.39 is 18.1 Å². The number of carbonyl (C=O) groups is 1. The monoisotopic (exact) mass is 296 g/mol. The fraction of sp³-hybridized carbons (Fsp3) is 0.333. The summed E-state index contributed by atoms with van der Waals surface area (Å²) in [7, 11) is 0. The number of carboxylic acids is 1. The fourth-order valence-electron chi connectivity index (χ4n) is 1.69. The highest BCUT2D eigenvalue weighted by atomic mass is 35.5. The number of hydrogen-bond acceptors (Lipinski definition) is 5. The second-order valence-corrected chi connectivity index (χ2v) is 4.82. The van der Waals surface area contributed by atoms with Crippen LogP contribution in [-0.4, -0.2) is 42.5 Å². The fourth-order valence-corrected chi connectivity index (χ4v) is 1.81. The van der Waals surface area contributed by atoms with Gasteiger partial charge in [0.25, 0.3) is 0 Å². The van der Waals surface area contributed by atoms with E-state index in [1.807, 2.05) is 0 Å². The van der Waals surface area contributed by atoms with Gasteiger partial charge in [0.05, 0.1) is 6.10 Å². The molecule has 2 N–H and O–H groups in total. The van der Waals surface area contributed by atoms with Crippen molar-refractivity contribution in [1.82, 2.24) is 20.2 Å². The first kappa shape index (κ1) is 14.4. The Morgan fingerprint density at radius 2 is 2.05 bits per heavy atom. The zero-order chi connectivity index (χ0) is 14.7. The van der Waals surface area contributed by atoms with Gasteiger partial charge in [0.1, 0.15) is 0 Å². The Kier molecular flexibility index (Phi) is 4.31. The van der Waals surface area contributed by atoms with Gasteiger partial charge < -0.3 is 10.2 Å².